The smallest absolute Gasteiger partial charge is 0.147 e. The molecule has 1 atom stereocenters. The van der Waals surface area contributed by atoms with Gasteiger partial charge in [-0.15, -0.1) is 0 Å². The van der Waals surface area contributed by atoms with E-state index in [4.69, 9.17) is 0 Å². The lowest BCUT2D eigenvalue weighted by atomic mass is 9.74. The van der Waals surface area contributed by atoms with Crippen LogP contribution in [0.2, 0.25) is 0 Å². The summed E-state index contributed by atoms with van der Waals surface area (Å²) in [6.07, 6.45) is 5.05. The Labute approximate surface area is 154 Å². The highest BCUT2D eigenvalue weighted by Crippen LogP contribution is 2.42. The highest BCUT2D eigenvalue weighted by molar-refractivity contribution is 5.37. The van der Waals surface area contributed by atoms with Crippen LogP contribution in [-0.2, 0) is 12.0 Å². The van der Waals surface area contributed by atoms with E-state index in [1.807, 2.05) is 0 Å². The molecule has 1 spiro atoms. The quantitative estimate of drug-likeness (QED) is 0.919. The average Bonchev–Trinajstić information content (AvgIpc) is 2.67. The number of halogens is 1. The number of nitrogens with zero attached hydrogens (tertiary/aromatic N) is 3. The zero-order chi connectivity index (χ0) is 18.1. The number of benzene rings is 1. The normalized spacial score (nSPS) is 21.5. The fourth-order valence-corrected chi connectivity index (χ4v) is 4.66. The van der Waals surface area contributed by atoms with Crippen LogP contribution in [0.3, 0.4) is 0 Å². The Kier molecular flexibility index (Phi) is 4.78. The average molecular weight is 355 g/mol. The van der Waals surface area contributed by atoms with Crippen molar-refractivity contribution in [1.82, 2.24) is 14.8 Å². The van der Waals surface area contributed by atoms with Crippen LogP contribution in [0.1, 0.15) is 35.6 Å². The molecule has 0 amide bonds. The first-order chi connectivity index (χ1) is 12.6. The lowest BCUT2D eigenvalue weighted by Crippen LogP contribution is -2.55. The third-order valence-electron chi connectivity index (χ3n) is 6.24. The summed E-state index contributed by atoms with van der Waals surface area (Å²) in [4.78, 5) is 8.51. The molecule has 0 radical (unpaired) electrons. The summed E-state index contributed by atoms with van der Waals surface area (Å²) in [5, 5.41) is 10.4. The summed E-state index contributed by atoms with van der Waals surface area (Å²) < 4.78 is 13.8. The Morgan fingerprint density at radius 3 is 2.73 bits per heavy atom. The monoisotopic (exact) mass is 355 g/mol. The molecule has 1 aromatic carbocycles. The van der Waals surface area contributed by atoms with Gasteiger partial charge in [-0.2, -0.15) is 0 Å². The van der Waals surface area contributed by atoms with Gasteiger partial charge in [0.15, 0.2) is 0 Å². The largest absolute Gasteiger partial charge is 0.387 e. The SMILES string of the molecule is CN1CCc2ccccc2C12CCN(C[C@H](O)c1ccncc1F)CC2. The van der Waals surface area contributed by atoms with E-state index in [2.05, 4.69) is 46.1 Å². The Hall–Kier alpha value is -1.82. The van der Waals surface area contributed by atoms with Crippen molar-refractivity contribution in [3.63, 3.8) is 0 Å². The summed E-state index contributed by atoms with van der Waals surface area (Å²) in [5.41, 5.74) is 3.37. The van der Waals surface area contributed by atoms with Gasteiger partial charge in [0.1, 0.15) is 5.82 Å². The standard InChI is InChI=1S/C21H26FN3O/c1-24-11-7-16-4-2-3-5-18(16)21(24)8-12-25(13-9-21)15-20(26)17-6-10-23-14-19(17)22/h2-6,10,14,20,26H,7-9,11-13,15H2,1H3/t20-/m0/s1. The molecular formula is C21H26FN3O. The molecule has 2 aliphatic heterocycles. The minimum atomic E-state index is -0.816. The van der Waals surface area contributed by atoms with Gasteiger partial charge >= 0.3 is 0 Å². The van der Waals surface area contributed by atoms with E-state index in [0.29, 0.717) is 12.1 Å². The minimum absolute atomic E-state index is 0.0954. The van der Waals surface area contributed by atoms with Crippen molar-refractivity contribution in [2.45, 2.75) is 30.9 Å². The maximum Gasteiger partial charge on any atom is 0.147 e. The zero-order valence-electron chi connectivity index (χ0n) is 15.2. The van der Waals surface area contributed by atoms with Crippen molar-refractivity contribution in [2.75, 3.05) is 33.2 Å². The van der Waals surface area contributed by atoms with Crippen LogP contribution in [0.5, 0.6) is 0 Å². The third-order valence-corrected chi connectivity index (χ3v) is 6.24. The van der Waals surface area contributed by atoms with E-state index in [9.17, 15) is 9.50 Å². The van der Waals surface area contributed by atoms with Crippen molar-refractivity contribution in [2.24, 2.45) is 0 Å². The Morgan fingerprint density at radius 2 is 1.96 bits per heavy atom. The van der Waals surface area contributed by atoms with Crippen LogP contribution in [0.15, 0.2) is 42.7 Å². The van der Waals surface area contributed by atoms with Crippen LogP contribution in [-0.4, -0.2) is 53.1 Å². The molecule has 138 valence electrons. The molecule has 0 saturated carbocycles. The lowest BCUT2D eigenvalue weighted by Gasteiger charge is -2.51. The maximum atomic E-state index is 13.8. The van der Waals surface area contributed by atoms with Crippen LogP contribution in [0, 0.1) is 5.82 Å². The maximum absolute atomic E-state index is 13.8. The fraction of sp³-hybridized carbons (Fsp3) is 0.476. The molecule has 3 heterocycles. The summed E-state index contributed by atoms with van der Waals surface area (Å²) in [5.74, 6) is -0.436. The van der Waals surface area contributed by atoms with Crippen molar-refractivity contribution in [3.8, 4) is 0 Å². The molecule has 2 aliphatic rings. The summed E-state index contributed by atoms with van der Waals surface area (Å²) >= 11 is 0. The first kappa shape index (κ1) is 17.6. The number of β-amino-alcohol motifs (C(OH)–C–C–N with tert-alkyl or cyclic N) is 1. The molecule has 0 aliphatic carbocycles. The van der Waals surface area contributed by atoms with Crippen LogP contribution in [0.25, 0.3) is 0 Å². The first-order valence-electron chi connectivity index (χ1n) is 9.39. The molecular weight excluding hydrogens is 329 g/mol. The molecule has 1 aromatic heterocycles. The molecule has 0 unspecified atom stereocenters. The zero-order valence-corrected chi connectivity index (χ0v) is 15.2. The highest BCUT2D eigenvalue weighted by atomic mass is 19.1. The lowest BCUT2D eigenvalue weighted by molar-refractivity contribution is 0.0112. The number of hydrogen-bond acceptors (Lipinski definition) is 4. The number of rotatable bonds is 3. The van der Waals surface area contributed by atoms with Crippen LogP contribution < -0.4 is 0 Å². The second-order valence-electron chi connectivity index (χ2n) is 7.57. The third kappa shape index (κ3) is 3.04. The highest BCUT2D eigenvalue weighted by Gasteiger charge is 2.43. The van der Waals surface area contributed by atoms with Gasteiger partial charge in [0, 0.05) is 43.5 Å². The number of pyridine rings is 1. The van der Waals surface area contributed by atoms with E-state index in [1.165, 1.54) is 17.3 Å². The van der Waals surface area contributed by atoms with Gasteiger partial charge in [0.2, 0.25) is 0 Å². The van der Waals surface area contributed by atoms with Crippen LogP contribution >= 0.6 is 0 Å². The Balaban J connectivity index is 1.47. The molecule has 4 nitrogen and oxygen atoms in total. The Morgan fingerprint density at radius 1 is 1.19 bits per heavy atom. The molecule has 26 heavy (non-hydrogen) atoms. The van der Waals surface area contributed by atoms with E-state index < -0.39 is 11.9 Å². The number of aliphatic hydroxyl groups excluding tert-OH is 1. The first-order valence-corrected chi connectivity index (χ1v) is 9.39. The molecule has 5 heteroatoms. The summed E-state index contributed by atoms with van der Waals surface area (Å²) in [7, 11) is 2.23. The van der Waals surface area contributed by atoms with Gasteiger partial charge in [-0.1, -0.05) is 24.3 Å². The molecule has 1 saturated heterocycles. The van der Waals surface area contributed by atoms with Gasteiger partial charge in [-0.05, 0) is 43.5 Å². The molecule has 2 aromatic rings. The van der Waals surface area contributed by atoms with E-state index in [1.54, 1.807) is 6.07 Å². The predicted molar refractivity (Wildman–Crippen MR) is 99.3 cm³/mol. The van der Waals surface area contributed by atoms with Gasteiger partial charge in [-0.25, -0.2) is 4.39 Å². The number of likely N-dealkylation sites (N-methyl/N-ethyl adjacent to an activating group) is 1. The number of piperidine rings is 1. The molecule has 4 rings (SSSR count). The van der Waals surface area contributed by atoms with Gasteiger partial charge in [0.25, 0.3) is 0 Å². The predicted octanol–water partition coefficient (Wildman–Crippen LogP) is 2.73. The summed E-state index contributed by atoms with van der Waals surface area (Å²) in [6.45, 7) is 3.36. The number of aromatic nitrogens is 1. The second-order valence-corrected chi connectivity index (χ2v) is 7.57. The second kappa shape index (κ2) is 7.06. The van der Waals surface area contributed by atoms with Crippen molar-refractivity contribution >= 4 is 0 Å². The molecule has 1 fully saturated rings. The van der Waals surface area contributed by atoms with Crippen molar-refractivity contribution in [1.29, 1.82) is 0 Å². The topological polar surface area (TPSA) is 39.6 Å². The molecule has 0 bridgehead atoms. The van der Waals surface area contributed by atoms with E-state index >= 15 is 0 Å². The fourth-order valence-electron chi connectivity index (χ4n) is 4.66. The van der Waals surface area contributed by atoms with E-state index in [-0.39, 0.29) is 5.54 Å². The number of fused-ring (bicyclic) bond motifs is 2. The molecule has 1 N–H and O–H groups in total. The van der Waals surface area contributed by atoms with Crippen molar-refractivity contribution in [3.05, 3.63) is 65.2 Å². The Bertz CT molecular complexity index is 773. The minimum Gasteiger partial charge on any atom is -0.387 e. The van der Waals surface area contributed by atoms with Crippen LogP contribution in [0.4, 0.5) is 4.39 Å². The van der Waals surface area contributed by atoms with Gasteiger partial charge < -0.3 is 10.0 Å². The van der Waals surface area contributed by atoms with E-state index in [0.717, 1.165) is 45.1 Å². The summed E-state index contributed by atoms with van der Waals surface area (Å²) in [6, 6.07) is 10.4. The van der Waals surface area contributed by atoms with Gasteiger partial charge in [0.05, 0.1) is 12.3 Å². The van der Waals surface area contributed by atoms with Gasteiger partial charge in [-0.3, -0.25) is 9.88 Å². The number of aliphatic hydroxyl groups is 1. The van der Waals surface area contributed by atoms with Crippen molar-refractivity contribution < 1.29 is 9.50 Å². The number of likely N-dealkylation sites (tertiary alicyclic amines) is 1. The number of hydrogen-bond donors (Lipinski definition) is 1.